The number of hydrogen-bond donors (Lipinski definition) is 2. The van der Waals surface area contributed by atoms with Crippen molar-refractivity contribution in [3.05, 3.63) is 55.9 Å². The lowest BCUT2D eigenvalue weighted by Crippen LogP contribution is -2.35. The van der Waals surface area contributed by atoms with Gasteiger partial charge in [-0.3, -0.25) is 4.79 Å². The highest BCUT2D eigenvalue weighted by Gasteiger charge is 2.48. The Balaban J connectivity index is 1.50. The number of pyridine rings is 1. The summed E-state index contributed by atoms with van der Waals surface area (Å²) in [6.45, 7) is 3.41. The Morgan fingerprint density at radius 1 is 1.28 bits per heavy atom. The fourth-order valence-electron chi connectivity index (χ4n) is 5.43. The molecule has 0 radical (unpaired) electrons. The van der Waals surface area contributed by atoms with Crippen LogP contribution in [-0.2, 0) is 6.42 Å². The average molecular weight is 439 g/mol. The highest BCUT2D eigenvalue weighted by Crippen LogP contribution is 2.46. The molecule has 3 N–H and O–H groups in total. The van der Waals surface area contributed by atoms with Gasteiger partial charge < -0.3 is 19.6 Å². The smallest absolute Gasteiger partial charge is 0.392 e. The number of H-pyrrole nitrogens is 1. The molecule has 3 fully saturated rings. The van der Waals surface area contributed by atoms with Crippen molar-refractivity contribution >= 4 is 16.6 Å². The monoisotopic (exact) mass is 439 g/mol. The molecular weight excluding hydrogens is 413 g/mol. The van der Waals surface area contributed by atoms with E-state index in [4.69, 9.17) is 10.2 Å². The van der Waals surface area contributed by atoms with E-state index in [1.54, 1.807) is 0 Å². The number of aromatic nitrogens is 3. The van der Waals surface area contributed by atoms with Gasteiger partial charge in [0.15, 0.2) is 0 Å². The van der Waals surface area contributed by atoms with Crippen LogP contribution in [0.3, 0.4) is 0 Å². The molecule has 9 heteroatoms. The molecule has 0 bridgehead atoms. The number of nitrogens with two attached hydrogens (primary N) is 1. The van der Waals surface area contributed by atoms with Crippen LogP contribution >= 0.6 is 0 Å². The van der Waals surface area contributed by atoms with Crippen molar-refractivity contribution in [2.75, 3.05) is 18.0 Å². The van der Waals surface area contributed by atoms with Crippen LogP contribution < -0.4 is 21.9 Å². The molecule has 0 spiro atoms. The Labute approximate surface area is 183 Å². The maximum Gasteiger partial charge on any atom is 0.434 e. The molecule has 2 saturated carbocycles. The van der Waals surface area contributed by atoms with Crippen molar-refractivity contribution < 1.29 is 8.81 Å². The molecule has 1 atom stereocenters. The van der Waals surface area contributed by atoms with E-state index < -0.39 is 5.76 Å². The molecule has 3 aromatic rings. The van der Waals surface area contributed by atoms with Crippen LogP contribution in [0.2, 0.25) is 0 Å². The molecular formula is C23H26FN5O3. The Kier molecular flexibility index (Phi) is 4.18. The van der Waals surface area contributed by atoms with Gasteiger partial charge in [0, 0.05) is 36.1 Å². The lowest BCUT2D eigenvalue weighted by Gasteiger charge is -2.26. The van der Waals surface area contributed by atoms with Crippen LogP contribution in [0.25, 0.3) is 10.9 Å². The molecule has 2 aromatic heterocycles. The second-order valence-corrected chi connectivity index (χ2v) is 9.69. The first-order valence-electron chi connectivity index (χ1n) is 11.3. The Hall–Kier alpha value is -2.94. The first-order chi connectivity index (χ1) is 15.3. The van der Waals surface area contributed by atoms with Gasteiger partial charge in [-0.05, 0) is 62.1 Å². The summed E-state index contributed by atoms with van der Waals surface area (Å²) in [5.74, 6) is -0.418. The van der Waals surface area contributed by atoms with Crippen LogP contribution in [0.15, 0.2) is 26.1 Å². The number of halogens is 1. The predicted octanol–water partition coefficient (Wildman–Crippen LogP) is 2.37. The second kappa shape index (κ2) is 6.78. The van der Waals surface area contributed by atoms with Gasteiger partial charge in [0.25, 0.3) is 5.56 Å². The molecule has 3 heterocycles. The number of benzene rings is 1. The third-order valence-electron chi connectivity index (χ3n) is 7.47. The van der Waals surface area contributed by atoms with Gasteiger partial charge in [-0.25, -0.2) is 14.3 Å². The summed E-state index contributed by atoms with van der Waals surface area (Å²) < 4.78 is 22.4. The topological polar surface area (TPSA) is 110 Å². The summed E-state index contributed by atoms with van der Waals surface area (Å²) >= 11 is 0. The van der Waals surface area contributed by atoms with E-state index in [1.807, 2.05) is 11.5 Å². The first-order valence-corrected chi connectivity index (χ1v) is 11.3. The minimum absolute atomic E-state index is 0.0905. The zero-order chi connectivity index (χ0) is 22.2. The Bertz CT molecular complexity index is 1350. The maximum absolute atomic E-state index is 15.6. The van der Waals surface area contributed by atoms with Crippen LogP contribution in [0.5, 0.6) is 0 Å². The van der Waals surface area contributed by atoms with Crippen LogP contribution in [0.1, 0.15) is 55.2 Å². The summed E-state index contributed by atoms with van der Waals surface area (Å²) in [7, 11) is 0. The predicted molar refractivity (Wildman–Crippen MR) is 118 cm³/mol. The molecule has 1 aromatic carbocycles. The van der Waals surface area contributed by atoms with Gasteiger partial charge in [-0.15, -0.1) is 5.10 Å². The van der Waals surface area contributed by atoms with Crippen molar-refractivity contribution in [1.29, 1.82) is 0 Å². The third kappa shape index (κ3) is 3.09. The molecule has 1 saturated heterocycles. The van der Waals surface area contributed by atoms with E-state index in [0.717, 1.165) is 56.3 Å². The van der Waals surface area contributed by atoms with Crippen molar-refractivity contribution in [3.63, 3.8) is 0 Å². The number of rotatable bonds is 5. The number of fused-ring (bicyclic) bond motifs is 1. The van der Waals surface area contributed by atoms with Crippen molar-refractivity contribution in [3.8, 4) is 0 Å². The van der Waals surface area contributed by atoms with Gasteiger partial charge in [0.2, 0.25) is 5.89 Å². The minimum atomic E-state index is -0.655. The first kappa shape index (κ1) is 19.7. The Morgan fingerprint density at radius 2 is 2.06 bits per heavy atom. The third-order valence-corrected chi connectivity index (χ3v) is 7.47. The SMILES string of the molecule is Cc1c(N2CCC(C3(N)CC3)C2)c(F)cc2c(Cc3n[nH]c(=O)o3)cc(=O)n(C3CC3)c12. The number of nitrogens with one attached hydrogen (secondary N) is 1. The number of nitrogens with zero attached hydrogens (tertiary/aromatic N) is 3. The molecule has 6 rings (SSSR count). The minimum Gasteiger partial charge on any atom is -0.392 e. The van der Waals surface area contributed by atoms with Gasteiger partial charge in [-0.1, -0.05) is 0 Å². The molecule has 1 aliphatic heterocycles. The van der Waals surface area contributed by atoms with Crippen molar-refractivity contribution in [2.24, 2.45) is 11.7 Å². The van der Waals surface area contributed by atoms with Gasteiger partial charge in [0.1, 0.15) is 5.82 Å². The molecule has 1 unspecified atom stereocenters. The van der Waals surface area contributed by atoms with E-state index in [2.05, 4.69) is 15.1 Å². The van der Waals surface area contributed by atoms with Crippen LogP contribution in [0.4, 0.5) is 10.1 Å². The number of aryl methyl sites for hydroxylation is 1. The largest absolute Gasteiger partial charge is 0.434 e. The van der Waals surface area contributed by atoms with Crippen LogP contribution in [-0.4, -0.2) is 33.4 Å². The lowest BCUT2D eigenvalue weighted by molar-refractivity contribution is 0.442. The van der Waals surface area contributed by atoms with E-state index in [1.165, 1.54) is 12.1 Å². The summed E-state index contributed by atoms with van der Waals surface area (Å²) in [5, 5.41) is 6.75. The molecule has 168 valence electrons. The zero-order valence-electron chi connectivity index (χ0n) is 18.0. The molecule has 3 aliphatic rings. The second-order valence-electron chi connectivity index (χ2n) is 9.69. The van der Waals surface area contributed by atoms with Crippen LogP contribution in [0, 0.1) is 18.7 Å². The Morgan fingerprint density at radius 3 is 2.72 bits per heavy atom. The van der Waals surface area contributed by atoms with Crippen molar-refractivity contribution in [2.45, 2.75) is 57.0 Å². The molecule has 0 amide bonds. The molecule has 32 heavy (non-hydrogen) atoms. The molecule has 8 nitrogen and oxygen atoms in total. The summed E-state index contributed by atoms with van der Waals surface area (Å²) in [4.78, 5) is 26.6. The van der Waals surface area contributed by atoms with E-state index in [-0.39, 0.29) is 35.3 Å². The quantitative estimate of drug-likeness (QED) is 0.632. The summed E-state index contributed by atoms with van der Waals surface area (Å²) in [5.41, 5.74) is 8.94. The summed E-state index contributed by atoms with van der Waals surface area (Å²) in [6.07, 6.45) is 5.06. The highest BCUT2D eigenvalue weighted by molar-refractivity contribution is 5.90. The van der Waals surface area contributed by atoms with E-state index in [9.17, 15) is 9.59 Å². The fraction of sp³-hybridized carbons (Fsp3) is 0.522. The lowest BCUT2D eigenvalue weighted by atomic mass is 9.97. The normalized spacial score (nSPS) is 22.1. The van der Waals surface area contributed by atoms with E-state index >= 15 is 4.39 Å². The van der Waals surface area contributed by atoms with Gasteiger partial charge >= 0.3 is 5.76 Å². The summed E-state index contributed by atoms with van der Waals surface area (Å²) in [6, 6.07) is 3.19. The number of aromatic amines is 1. The average Bonchev–Trinajstić information content (AvgIpc) is 3.63. The maximum atomic E-state index is 15.6. The van der Waals surface area contributed by atoms with E-state index in [0.29, 0.717) is 22.6 Å². The fourth-order valence-corrected chi connectivity index (χ4v) is 5.43. The standard InChI is InChI=1S/C23H26FN5O3/c1-12-20-16(10-17(24)21(12)28-7-4-14(11-28)23(25)5-6-23)13(8-18-26-27-22(31)32-18)9-19(30)29(20)15-2-3-15/h9-10,14-15H,2-8,11,25H2,1H3,(H,27,31). The molecule has 2 aliphatic carbocycles. The highest BCUT2D eigenvalue weighted by atomic mass is 19.1. The number of anilines is 1. The van der Waals surface area contributed by atoms with Gasteiger partial charge in [0.05, 0.1) is 17.6 Å². The van der Waals surface area contributed by atoms with Gasteiger partial charge in [-0.2, -0.15) is 0 Å². The number of hydrogen-bond acceptors (Lipinski definition) is 6. The van der Waals surface area contributed by atoms with Crippen molar-refractivity contribution in [1.82, 2.24) is 14.8 Å². The zero-order valence-corrected chi connectivity index (χ0v) is 18.0.